The largest absolute Gasteiger partial charge is 0.464 e. The Morgan fingerprint density at radius 3 is 2.24 bits per heavy atom. The van der Waals surface area contributed by atoms with Crippen LogP contribution in [0, 0.1) is 0 Å². The molecule has 0 saturated carbocycles. The molecule has 0 unspecified atom stereocenters. The van der Waals surface area contributed by atoms with Gasteiger partial charge in [-0.05, 0) is 27.6 Å². The zero-order chi connectivity index (χ0) is 24.8. The average Bonchev–Trinajstić information content (AvgIpc) is 3.07. The molecule has 0 aliphatic rings. The van der Waals surface area contributed by atoms with Gasteiger partial charge in [0.2, 0.25) is 0 Å². The number of hydrogen-bond acceptors (Lipinski definition) is 6. The molecule has 0 spiro atoms. The summed E-state index contributed by atoms with van der Waals surface area (Å²) in [5, 5.41) is 6.20. The minimum absolute atomic E-state index is 0.150. The first kappa shape index (κ1) is 26.7. The summed E-state index contributed by atoms with van der Waals surface area (Å²) < 4.78 is 8.56. The summed E-state index contributed by atoms with van der Waals surface area (Å²) >= 11 is 7.91. The van der Waals surface area contributed by atoms with Gasteiger partial charge in [-0.15, -0.1) is 23.5 Å². The predicted molar refractivity (Wildman–Crippen MR) is 149 cm³/mol. The molecule has 1 aromatic heterocycles. The predicted octanol–water partition coefficient (Wildman–Crippen LogP) is 7.26. The van der Waals surface area contributed by atoms with Crippen LogP contribution in [-0.2, 0) is 20.9 Å². The summed E-state index contributed by atoms with van der Waals surface area (Å²) in [5.41, 5.74) is 4.22. The van der Waals surface area contributed by atoms with Crippen molar-refractivity contribution in [1.82, 2.24) is 4.57 Å². The first-order chi connectivity index (χ1) is 16.3. The highest BCUT2D eigenvalue weighted by atomic mass is 79.9. The maximum atomic E-state index is 12.4. The molecule has 3 rings (SSSR count). The van der Waals surface area contributed by atoms with Gasteiger partial charge in [0.25, 0.3) is 0 Å². The lowest BCUT2D eigenvalue weighted by Gasteiger charge is -2.21. The van der Waals surface area contributed by atoms with Crippen molar-refractivity contribution in [2.75, 3.05) is 14.2 Å². The lowest BCUT2D eigenvalue weighted by molar-refractivity contribution is -0.132. The normalized spacial score (nSPS) is 12.2. The third-order valence-corrected chi connectivity index (χ3v) is 8.71. The monoisotopic (exact) mass is 562 g/mol. The van der Waals surface area contributed by atoms with Crippen LogP contribution in [-0.4, -0.2) is 41.0 Å². The van der Waals surface area contributed by atoms with E-state index in [-0.39, 0.29) is 10.3 Å². The number of fused-ring (bicyclic) bond motifs is 1. The van der Waals surface area contributed by atoms with Gasteiger partial charge in [-0.3, -0.25) is 0 Å². The minimum Gasteiger partial charge on any atom is -0.464 e. The zero-order valence-electron chi connectivity index (χ0n) is 20.4. The van der Waals surface area contributed by atoms with Gasteiger partial charge in [-0.2, -0.15) is 0 Å². The number of esters is 1. The fourth-order valence-corrected chi connectivity index (χ4v) is 8.17. The topological polar surface area (TPSA) is 52.8 Å². The second kappa shape index (κ2) is 12.2. The summed E-state index contributed by atoms with van der Waals surface area (Å²) in [5.74, 6) is -0.534. The van der Waals surface area contributed by atoms with Gasteiger partial charge in [0.1, 0.15) is 7.11 Å². The molecule has 3 aromatic rings. The van der Waals surface area contributed by atoms with Crippen LogP contribution in [0.25, 0.3) is 10.9 Å². The quantitative estimate of drug-likeness (QED) is 0.113. The SMILES string of the molecule is CON=C(C(=O)OC)c1ccccc1Cn1c(Br)c(C(SC(C)C)SC(C)C)c2ccccc21. The van der Waals surface area contributed by atoms with E-state index in [1.165, 1.54) is 25.2 Å². The average molecular weight is 564 g/mol. The number of halogens is 1. The van der Waals surface area contributed by atoms with Crippen molar-refractivity contribution >= 4 is 62.0 Å². The van der Waals surface area contributed by atoms with E-state index >= 15 is 0 Å². The van der Waals surface area contributed by atoms with Crippen molar-refractivity contribution in [1.29, 1.82) is 0 Å². The van der Waals surface area contributed by atoms with E-state index in [2.05, 4.69) is 77.6 Å². The summed E-state index contributed by atoms with van der Waals surface area (Å²) in [6, 6.07) is 16.2. The van der Waals surface area contributed by atoms with E-state index in [1.54, 1.807) is 0 Å². The number of benzene rings is 2. The number of nitrogens with zero attached hydrogens (tertiary/aromatic N) is 2. The van der Waals surface area contributed by atoms with E-state index in [0.29, 0.717) is 22.6 Å². The van der Waals surface area contributed by atoms with Crippen LogP contribution in [0.3, 0.4) is 0 Å². The molecule has 0 radical (unpaired) electrons. The highest BCUT2D eigenvalue weighted by molar-refractivity contribution is 9.10. The maximum absolute atomic E-state index is 12.4. The molecular weight excluding hydrogens is 532 g/mol. The second-order valence-electron chi connectivity index (χ2n) is 8.28. The van der Waals surface area contributed by atoms with Crippen LogP contribution in [0.2, 0.25) is 0 Å². The molecule has 34 heavy (non-hydrogen) atoms. The number of para-hydroxylation sites is 1. The number of hydrogen-bond donors (Lipinski definition) is 0. The van der Waals surface area contributed by atoms with Crippen molar-refractivity contribution in [3.63, 3.8) is 0 Å². The van der Waals surface area contributed by atoms with Gasteiger partial charge in [0.15, 0.2) is 5.71 Å². The van der Waals surface area contributed by atoms with E-state index in [9.17, 15) is 4.79 Å². The molecule has 0 N–H and O–H groups in total. The summed E-state index contributed by atoms with van der Waals surface area (Å²) in [4.78, 5) is 17.4. The van der Waals surface area contributed by atoms with Gasteiger partial charge in [0.05, 0.1) is 16.3 Å². The highest BCUT2D eigenvalue weighted by Gasteiger charge is 2.26. The number of oxime groups is 1. The van der Waals surface area contributed by atoms with Crippen molar-refractivity contribution in [3.8, 4) is 0 Å². The first-order valence-electron chi connectivity index (χ1n) is 11.1. The summed E-state index contributed by atoms with van der Waals surface area (Å²) in [6.45, 7) is 9.52. The van der Waals surface area contributed by atoms with Crippen LogP contribution >= 0.6 is 39.5 Å². The van der Waals surface area contributed by atoms with Crippen LogP contribution < -0.4 is 0 Å². The lowest BCUT2D eigenvalue weighted by Crippen LogP contribution is -2.20. The van der Waals surface area contributed by atoms with Crippen LogP contribution in [0.15, 0.2) is 58.3 Å². The smallest absolute Gasteiger partial charge is 0.360 e. The van der Waals surface area contributed by atoms with Crippen molar-refractivity contribution in [2.45, 2.75) is 49.3 Å². The lowest BCUT2D eigenvalue weighted by atomic mass is 10.0. The third-order valence-electron chi connectivity index (χ3n) is 5.13. The Balaban J connectivity index is 2.16. The molecule has 8 heteroatoms. The molecule has 0 saturated heterocycles. The Hall–Kier alpha value is -1.90. The first-order valence-corrected chi connectivity index (χ1v) is 13.8. The van der Waals surface area contributed by atoms with Gasteiger partial charge in [-0.25, -0.2) is 4.79 Å². The second-order valence-corrected chi connectivity index (χ2v) is 12.7. The molecule has 0 amide bonds. The Labute approximate surface area is 218 Å². The van der Waals surface area contributed by atoms with Gasteiger partial charge in [-0.1, -0.05) is 75.3 Å². The van der Waals surface area contributed by atoms with Crippen LogP contribution in [0.1, 0.15) is 49.0 Å². The Morgan fingerprint density at radius 1 is 1.00 bits per heavy atom. The number of rotatable bonds is 10. The molecule has 0 aliphatic carbocycles. The number of methoxy groups -OCH3 is 1. The standard InChI is InChI=1S/C26H31BrN2O3S2/c1-16(2)33-26(34-17(3)4)22-20-13-9-10-14-21(20)29(24(22)27)15-18-11-7-8-12-19(18)23(28-32-6)25(30)31-5/h7-14,16-17,26H,15H2,1-6H3. The van der Waals surface area contributed by atoms with Crippen molar-refractivity contribution < 1.29 is 14.4 Å². The van der Waals surface area contributed by atoms with Gasteiger partial charge >= 0.3 is 5.97 Å². The number of carbonyl (C=O) groups is 1. The maximum Gasteiger partial charge on any atom is 0.360 e. The molecule has 1 heterocycles. The van der Waals surface area contributed by atoms with E-state index in [1.807, 2.05) is 47.8 Å². The Bertz CT molecular complexity index is 1160. The summed E-state index contributed by atoms with van der Waals surface area (Å²) in [7, 11) is 2.77. The summed E-state index contributed by atoms with van der Waals surface area (Å²) in [6.07, 6.45) is 0. The Morgan fingerprint density at radius 2 is 1.62 bits per heavy atom. The fourth-order valence-electron chi connectivity index (χ4n) is 3.78. The van der Waals surface area contributed by atoms with Crippen LogP contribution in [0.4, 0.5) is 0 Å². The third kappa shape index (κ3) is 6.01. The molecule has 0 atom stereocenters. The zero-order valence-corrected chi connectivity index (χ0v) is 23.6. The molecule has 0 fully saturated rings. The molecule has 2 aromatic carbocycles. The number of carbonyl (C=O) groups excluding carboxylic acids is 1. The van der Waals surface area contributed by atoms with E-state index < -0.39 is 5.97 Å². The number of aromatic nitrogens is 1. The minimum atomic E-state index is -0.534. The molecule has 5 nitrogen and oxygen atoms in total. The van der Waals surface area contributed by atoms with Crippen molar-refractivity contribution in [2.24, 2.45) is 5.16 Å². The van der Waals surface area contributed by atoms with E-state index in [0.717, 1.165) is 15.7 Å². The molecular formula is C26H31BrN2O3S2. The van der Waals surface area contributed by atoms with Crippen LogP contribution in [0.5, 0.6) is 0 Å². The molecule has 0 bridgehead atoms. The number of ether oxygens (including phenoxy) is 1. The van der Waals surface area contributed by atoms with Gasteiger partial charge < -0.3 is 14.1 Å². The Kier molecular flexibility index (Phi) is 9.56. The highest BCUT2D eigenvalue weighted by Crippen LogP contribution is 2.49. The molecule has 0 aliphatic heterocycles. The molecule has 182 valence electrons. The fraction of sp³-hybridized carbons (Fsp3) is 0.385. The van der Waals surface area contributed by atoms with Crippen molar-refractivity contribution in [3.05, 3.63) is 69.8 Å². The van der Waals surface area contributed by atoms with Gasteiger partial charge in [0, 0.05) is 39.1 Å². The number of thioether (sulfide) groups is 2. The van der Waals surface area contributed by atoms with E-state index in [4.69, 9.17) is 9.57 Å².